The summed E-state index contributed by atoms with van der Waals surface area (Å²) in [5.41, 5.74) is 6.07. The topological polar surface area (TPSA) is 42.6 Å². The molecule has 5 rings (SSSR count). The molecular weight excluding hydrogens is 382 g/mol. The fourth-order valence-corrected chi connectivity index (χ4v) is 4.10. The van der Waals surface area contributed by atoms with E-state index in [1.165, 1.54) is 0 Å². The Morgan fingerprint density at radius 2 is 1.55 bits per heavy atom. The molecule has 0 spiro atoms. The number of nitrogens with zero attached hydrogens (tertiary/aromatic N) is 1. The van der Waals surface area contributed by atoms with E-state index in [1.54, 1.807) is 6.07 Å². The second kappa shape index (κ2) is 7.19. The molecule has 0 radical (unpaired) electrons. The molecule has 0 saturated heterocycles. The summed E-state index contributed by atoms with van der Waals surface area (Å²) in [7, 11) is 0. The highest BCUT2D eigenvalue weighted by atomic mass is 35.5. The van der Waals surface area contributed by atoms with Gasteiger partial charge in [0, 0.05) is 16.3 Å². The Labute approximate surface area is 172 Å². The highest BCUT2D eigenvalue weighted by Gasteiger charge is 2.13. The number of halogens is 1. The molecule has 0 aliphatic carbocycles. The van der Waals surface area contributed by atoms with Crippen LogP contribution >= 0.6 is 11.6 Å². The van der Waals surface area contributed by atoms with Crippen molar-refractivity contribution in [2.45, 2.75) is 6.42 Å². The summed E-state index contributed by atoms with van der Waals surface area (Å²) >= 11 is 6.77. The minimum Gasteiger partial charge on any atom is -0.456 e. The Morgan fingerprint density at radius 1 is 0.793 bits per heavy atom. The standard InChI is InChI=1S/C25H16ClNO2/c26-25-18(13-14-23-24(25)20-6-2-4-8-22(20)29-23)15-16-9-11-17(12-10-16)19-5-1-3-7-21(19)27-28/h1-14H,15H2. The van der Waals surface area contributed by atoms with E-state index in [2.05, 4.69) is 17.3 Å². The molecule has 0 atom stereocenters. The van der Waals surface area contributed by atoms with E-state index < -0.39 is 0 Å². The van der Waals surface area contributed by atoms with Crippen molar-refractivity contribution in [1.82, 2.24) is 0 Å². The molecule has 4 heteroatoms. The van der Waals surface area contributed by atoms with Gasteiger partial charge < -0.3 is 4.42 Å². The predicted octanol–water partition coefficient (Wildman–Crippen LogP) is 7.90. The van der Waals surface area contributed by atoms with Gasteiger partial charge in [-0.1, -0.05) is 78.3 Å². The molecular formula is C25H16ClNO2. The van der Waals surface area contributed by atoms with Gasteiger partial charge in [0.05, 0.1) is 5.02 Å². The highest BCUT2D eigenvalue weighted by molar-refractivity contribution is 6.38. The van der Waals surface area contributed by atoms with Crippen molar-refractivity contribution in [1.29, 1.82) is 0 Å². The zero-order chi connectivity index (χ0) is 19.8. The maximum absolute atomic E-state index is 11.1. The number of nitroso groups, excluding NO2 is 1. The summed E-state index contributed by atoms with van der Waals surface area (Å²) in [4.78, 5) is 11.1. The molecule has 29 heavy (non-hydrogen) atoms. The first-order valence-corrected chi connectivity index (χ1v) is 9.73. The molecule has 5 aromatic rings. The minimum atomic E-state index is 0.445. The van der Waals surface area contributed by atoms with E-state index >= 15 is 0 Å². The molecule has 1 heterocycles. The highest BCUT2D eigenvalue weighted by Crippen LogP contribution is 2.37. The average Bonchev–Trinajstić information content (AvgIpc) is 3.15. The predicted molar refractivity (Wildman–Crippen MR) is 119 cm³/mol. The van der Waals surface area contributed by atoms with Crippen molar-refractivity contribution < 1.29 is 4.42 Å². The fraction of sp³-hybridized carbons (Fsp3) is 0.0400. The Kier molecular flexibility index (Phi) is 4.38. The maximum Gasteiger partial charge on any atom is 0.136 e. The third-order valence-corrected chi connectivity index (χ3v) is 5.65. The van der Waals surface area contributed by atoms with Crippen LogP contribution < -0.4 is 0 Å². The zero-order valence-corrected chi connectivity index (χ0v) is 16.2. The lowest BCUT2D eigenvalue weighted by molar-refractivity contribution is 0.669. The number of rotatable bonds is 4. The third-order valence-electron chi connectivity index (χ3n) is 5.22. The van der Waals surface area contributed by atoms with Crippen LogP contribution in [-0.4, -0.2) is 0 Å². The fourth-order valence-electron chi connectivity index (χ4n) is 3.77. The third kappa shape index (κ3) is 3.10. The molecule has 3 nitrogen and oxygen atoms in total. The Bertz CT molecular complexity index is 1350. The van der Waals surface area contributed by atoms with Crippen molar-refractivity contribution in [3.05, 3.63) is 106 Å². The minimum absolute atomic E-state index is 0.445. The van der Waals surface area contributed by atoms with Crippen LogP contribution in [-0.2, 0) is 6.42 Å². The first-order chi connectivity index (χ1) is 14.2. The number of para-hydroxylation sites is 1. The van der Waals surface area contributed by atoms with Gasteiger partial charge in [-0.3, -0.25) is 0 Å². The van der Waals surface area contributed by atoms with Crippen molar-refractivity contribution in [2.24, 2.45) is 5.18 Å². The van der Waals surface area contributed by atoms with E-state index in [4.69, 9.17) is 16.0 Å². The number of benzene rings is 4. The van der Waals surface area contributed by atoms with E-state index in [-0.39, 0.29) is 0 Å². The lowest BCUT2D eigenvalue weighted by Gasteiger charge is -2.08. The number of hydrogen-bond donors (Lipinski definition) is 0. The second-order valence-electron chi connectivity index (χ2n) is 6.99. The summed E-state index contributed by atoms with van der Waals surface area (Å²) in [6, 6.07) is 27.4. The summed E-state index contributed by atoms with van der Waals surface area (Å²) in [5, 5.41) is 5.84. The molecule has 0 saturated carbocycles. The summed E-state index contributed by atoms with van der Waals surface area (Å²) in [6.07, 6.45) is 0.710. The lowest BCUT2D eigenvalue weighted by Crippen LogP contribution is -1.90. The summed E-state index contributed by atoms with van der Waals surface area (Å²) in [5.74, 6) is 0. The van der Waals surface area contributed by atoms with E-state index in [9.17, 15) is 4.91 Å². The van der Waals surface area contributed by atoms with Crippen LogP contribution in [0.5, 0.6) is 0 Å². The Morgan fingerprint density at radius 3 is 2.38 bits per heavy atom. The molecule has 0 aliphatic rings. The molecule has 140 valence electrons. The first-order valence-electron chi connectivity index (χ1n) is 9.35. The first kappa shape index (κ1) is 17.7. The van der Waals surface area contributed by atoms with Gasteiger partial charge in [-0.2, -0.15) is 0 Å². The van der Waals surface area contributed by atoms with Crippen LogP contribution in [0.3, 0.4) is 0 Å². The van der Waals surface area contributed by atoms with Gasteiger partial charge in [0.1, 0.15) is 16.9 Å². The second-order valence-corrected chi connectivity index (χ2v) is 7.37. The number of fused-ring (bicyclic) bond motifs is 3. The Hall–Kier alpha value is -3.43. The van der Waals surface area contributed by atoms with Gasteiger partial charge in [0.25, 0.3) is 0 Å². The summed E-state index contributed by atoms with van der Waals surface area (Å²) in [6.45, 7) is 0. The van der Waals surface area contributed by atoms with Crippen molar-refractivity contribution in [3.8, 4) is 11.1 Å². The van der Waals surface area contributed by atoms with Crippen LogP contribution in [0.25, 0.3) is 33.1 Å². The number of hydrogen-bond acceptors (Lipinski definition) is 3. The average molecular weight is 398 g/mol. The quantitative estimate of drug-likeness (QED) is 0.289. The SMILES string of the molecule is O=Nc1ccccc1-c1ccc(Cc2ccc3oc4ccccc4c3c2Cl)cc1. The van der Waals surface area contributed by atoms with Gasteiger partial charge in [0.2, 0.25) is 0 Å². The van der Waals surface area contributed by atoms with Gasteiger partial charge in [0.15, 0.2) is 0 Å². The zero-order valence-electron chi connectivity index (χ0n) is 15.4. The summed E-state index contributed by atoms with van der Waals surface area (Å²) < 4.78 is 5.91. The van der Waals surface area contributed by atoms with E-state index in [0.29, 0.717) is 12.1 Å². The molecule has 0 amide bonds. The van der Waals surface area contributed by atoms with Crippen LogP contribution in [0.2, 0.25) is 5.02 Å². The van der Waals surface area contributed by atoms with Crippen LogP contribution in [0.4, 0.5) is 5.69 Å². The smallest absolute Gasteiger partial charge is 0.136 e. The number of furan rings is 1. The van der Waals surface area contributed by atoms with Crippen LogP contribution in [0.15, 0.2) is 94.5 Å². The van der Waals surface area contributed by atoms with E-state index in [1.807, 2.05) is 66.7 Å². The molecule has 0 unspecified atom stereocenters. The lowest BCUT2D eigenvalue weighted by atomic mass is 9.98. The van der Waals surface area contributed by atoms with Gasteiger partial charge in [-0.05, 0) is 46.5 Å². The molecule has 0 bridgehead atoms. The molecule has 0 aliphatic heterocycles. The largest absolute Gasteiger partial charge is 0.456 e. The molecule has 0 fully saturated rings. The van der Waals surface area contributed by atoms with Gasteiger partial charge in [-0.15, -0.1) is 4.91 Å². The van der Waals surface area contributed by atoms with Crippen molar-refractivity contribution in [3.63, 3.8) is 0 Å². The van der Waals surface area contributed by atoms with Crippen molar-refractivity contribution in [2.75, 3.05) is 0 Å². The van der Waals surface area contributed by atoms with Crippen molar-refractivity contribution >= 4 is 39.2 Å². The molecule has 1 aromatic heterocycles. The monoisotopic (exact) mass is 397 g/mol. The Balaban J connectivity index is 1.50. The van der Waals surface area contributed by atoms with Crippen LogP contribution in [0, 0.1) is 4.91 Å². The van der Waals surface area contributed by atoms with Crippen LogP contribution in [0.1, 0.15) is 11.1 Å². The molecule has 4 aromatic carbocycles. The van der Waals surface area contributed by atoms with E-state index in [0.717, 1.165) is 49.2 Å². The normalized spacial score (nSPS) is 11.2. The molecule has 0 N–H and O–H groups in total. The van der Waals surface area contributed by atoms with Gasteiger partial charge in [-0.25, -0.2) is 0 Å². The maximum atomic E-state index is 11.1. The van der Waals surface area contributed by atoms with Gasteiger partial charge >= 0.3 is 0 Å².